The Kier molecular flexibility index (Phi) is 6.17. The maximum Gasteiger partial charge on any atom is 0.254 e. The zero-order valence-electron chi connectivity index (χ0n) is 15.2. The van der Waals surface area contributed by atoms with Gasteiger partial charge in [0.05, 0.1) is 19.1 Å². The highest BCUT2D eigenvalue weighted by Gasteiger charge is 2.19. The molecule has 9 heteroatoms. The fourth-order valence-electron chi connectivity index (χ4n) is 2.51. The Labute approximate surface area is 152 Å². The van der Waals surface area contributed by atoms with E-state index < -0.39 is 15.8 Å². The van der Waals surface area contributed by atoms with E-state index in [0.717, 1.165) is 14.8 Å². The van der Waals surface area contributed by atoms with E-state index in [9.17, 15) is 17.6 Å². The second-order valence-electron chi connectivity index (χ2n) is 6.22. The molecule has 1 unspecified atom stereocenters. The van der Waals surface area contributed by atoms with Crippen LogP contribution in [0.15, 0.2) is 46.2 Å². The molecule has 1 aromatic carbocycles. The van der Waals surface area contributed by atoms with Crippen molar-refractivity contribution in [1.82, 2.24) is 8.87 Å². The van der Waals surface area contributed by atoms with E-state index in [1.165, 1.54) is 50.2 Å². The van der Waals surface area contributed by atoms with Crippen LogP contribution in [0.4, 0.5) is 4.39 Å². The van der Waals surface area contributed by atoms with Crippen molar-refractivity contribution in [3.8, 4) is 5.75 Å². The van der Waals surface area contributed by atoms with E-state index in [2.05, 4.69) is 0 Å². The highest BCUT2D eigenvalue weighted by atomic mass is 32.2. The van der Waals surface area contributed by atoms with Crippen LogP contribution in [0.3, 0.4) is 0 Å². The first-order valence-electron chi connectivity index (χ1n) is 7.92. The number of methoxy groups -OCH3 is 1. The predicted molar refractivity (Wildman–Crippen MR) is 95.1 cm³/mol. The lowest BCUT2D eigenvalue weighted by Gasteiger charge is -2.17. The molecule has 1 N–H and O–H groups in total. The molecule has 0 bridgehead atoms. The third-order valence-corrected chi connectivity index (χ3v) is 5.70. The molecule has 26 heavy (non-hydrogen) atoms. The molecule has 0 aliphatic rings. The van der Waals surface area contributed by atoms with E-state index in [1.807, 2.05) is 7.05 Å². The number of nitrogens with zero attached hydrogens (tertiary/aromatic N) is 2. The third kappa shape index (κ3) is 4.48. The lowest BCUT2D eigenvalue weighted by atomic mass is 10.2. The Bertz CT molecular complexity index is 941. The van der Waals surface area contributed by atoms with Crippen molar-refractivity contribution in [1.29, 1.82) is 0 Å². The lowest BCUT2D eigenvalue weighted by Crippen LogP contribution is -3.07. The number of pyridine rings is 1. The van der Waals surface area contributed by atoms with Gasteiger partial charge in [-0.2, -0.15) is 0 Å². The molecule has 0 spiro atoms. The minimum absolute atomic E-state index is 0.0467. The fourth-order valence-corrected chi connectivity index (χ4v) is 3.43. The normalized spacial score (nSPS) is 13.0. The van der Waals surface area contributed by atoms with E-state index in [0.29, 0.717) is 6.54 Å². The van der Waals surface area contributed by atoms with E-state index in [1.54, 1.807) is 12.1 Å². The average Bonchev–Trinajstić information content (AvgIpc) is 2.56. The number of nitrogens with one attached hydrogen (secondary N) is 1. The average molecular weight is 384 g/mol. The summed E-state index contributed by atoms with van der Waals surface area (Å²) >= 11 is 0. The van der Waals surface area contributed by atoms with Gasteiger partial charge in [0.25, 0.3) is 5.56 Å². The van der Waals surface area contributed by atoms with Crippen LogP contribution in [0, 0.1) is 5.82 Å². The Hall–Kier alpha value is -2.23. The first-order valence-corrected chi connectivity index (χ1v) is 9.36. The van der Waals surface area contributed by atoms with Crippen molar-refractivity contribution >= 4 is 10.0 Å². The van der Waals surface area contributed by atoms with Gasteiger partial charge in [-0.25, -0.2) is 17.1 Å². The molecule has 142 valence electrons. The molecule has 0 aliphatic heterocycles. The summed E-state index contributed by atoms with van der Waals surface area (Å²) in [7, 11) is 2.47. The number of hydrogen-bond acceptors (Lipinski definition) is 4. The van der Waals surface area contributed by atoms with Gasteiger partial charge >= 0.3 is 0 Å². The van der Waals surface area contributed by atoms with E-state index >= 15 is 0 Å². The second kappa shape index (κ2) is 7.98. The summed E-state index contributed by atoms with van der Waals surface area (Å²) in [6, 6.07) is 7.21. The summed E-state index contributed by atoms with van der Waals surface area (Å²) in [6.07, 6.45) is 1.33. The largest absolute Gasteiger partial charge is 0.494 e. The standard InChI is InChI=1S/C17H22FN3O4S/c1-19(2)26(23,24)14-6-8-17(22)21(11-14)12-20(3)10-13-5-7-16(25-4)15(18)9-13/h5-9,11H,10,12H2,1-4H3/p+1. The molecule has 1 atom stereocenters. The predicted octanol–water partition coefficient (Wildman–Crippen LogP) is -0.0813. The maximum absolute atomic E-state index is 13.8. The summed E-state index contributed by atoms with van der Waals surface area (Å²) < 4.78 is 45.6. The molecule has 0 fully saturated rings. The molecule has 7 nitrogen and oxygen atoms in total. The van der Waals surface area contributed by atoms with Crippen LogP contribution >= 0.6 is 0 Å². The van der Waals surface area contributed by atoms with Gasteiger partial charge in [-0.3, -0.25) is 9.36 Å². The van der Waals surface area contributed by atoms with Crippen LogP contribution in [-0.4, -0.2) is 45.5 Å². The second-order valence-corrected chi connectivity index (χ2v) is 8.37. The summed E-state index contributed by atoms with van der Waals surface area (Å²) in [5.41, 5.74) is 0.439. The highest BCUT2D eigenvalue weighted by Crippen LogP contribution is 2.17. The number of ether oxygens (including phenoxy) is 1. The Balaban J connectivity index is 2.20. The molecule has 0 amide bonds. The van der Waals surface area contributed by atoms with Crippen LogP contribution in [0.5, 0.6) is 5.75 Å². The number of aromatic nitrogens is 1. The molecule has 0 radical (unpaired) electrons. The topological polar surface area (TPSA) is 73.1 Å². The van der Waals surface area contributed by atoms with Crippen LogP contribution in [0.2, 0.25) is 0 Å². The minimum Gasteiger partial charge on any atom is -0.494 e. The van der Waals surface area contributed by atoms with Gasteiger partial charge in [-0.05, 0) is 24.3 Å². The number of quaternary nitrogens is 1. The van der Waals surface area contributed by atoms with Crippen molar-refractivity contribution in [2.45, 2.75) is 18.1 Å². The first kappa shape index (κ1) is 20.1. The van der Waals surface area contributed by atoms with Gasteiger partial charge < -0.3 is 9.64 Å². The van der Waals surface area contributed by atoms with Crippen molar-refractivity contribution in [2.75, 3.05) is 28.3 Å². The molecule has 1 heterocycles. The van der Waals surface area contributed by atoms with Crippen molar-refractivity contribution in [3.05, 3.63) is 58.3 Å². The van der Waals surface area contributed by atoms with Gasteiger partial charge in [0.1, 0.15) is 6.54 Å². The van der Waals surface area contributed by atoms with Gasteiger partial charge in [0.15, 0.2) is 18.2 Å². The quantitative estimate of drug-likeness (QED) is 0.725. The zero-order valence-corrected chi connectivity index (χ0v) is 16.0. The Morgan fingerprint density at radius 1 is 1.23 bits per heavy atom. The van der Waals surface area contributed by atoms with Gasteiger partial charge in [0.2, 0.25) is 10.0 Å². The summed E-state index contributed by atoms with van der Waals surface area (Å²) in [6.45, 7) is 0.696. The number of benzene rings is 1. The van der Waals surface area contributed by atoms with Crippen LogP contribution < -0.4 is 15.2 Å². The smallest absolute Gasteiger partial charge is 0.254 e. The van der Waals surface area contributed by atoms with Crippen LogP contribution in [0.1, 0.15) is 5.56 Å². The zero-order chi connectivity index (χ0) is 19.5. The van der Waals surface area contributed by atoms with E-state index in [4.69, 9.17) is 4.74 Å². The maximum atomic E-state index is 13.8. The molecular weight excluding hydrogens is 361 g/mol. The van der Waals surface area contributed by atoms with E-state index in [-0.39, 0.29) is 22.9 Å². The van der Waals surface area contributed by atoms with Crippen LogP contribution in [-0.2, 0) is 23.2 Å². The minimum atomic E-state index is -3.62. The van der Waals surface area contributed by atoms with Gasteiger partial charge in [-0.15, -0.1) is 0 Å². The number of sulfonamides is 1. The molecule has 0 saturated heterocycles. The third-order valence-electron chi connectivity index (χ3n) is 3.90. The molecule has 1 aromatic heterocycles. The van der Waals surface area contributed by atoms with Gasteiger partial charge in [0, 0.05) is 31.9 Å². The van der Waals surface area contributed by atoms with Crippen LogP contribution in [0.25, 0.3) is 0 Å². The first-order chi connectivity index (χ1) is 12.1. The Morgan fingerprint density at radius 3 is 2.50 bits per heavy atom. The molecule has 2 rings (SSSR count). The summed E-state index contributed by atoms with van der Waals surface area (Å²) in [4.78, 5) is 13.0. The SMILES string of the molecule is COc1ccc(C[NH+](C)Cn2cc(S(=O)(=O)N(C)C)ccc2=O)cc1F. The number of hydrogen-bond donors (Lipinski definition) is 1. The van der Waals surface area contributed by atoms with Crippen molar-refractivity contribution < 1.29 is 22.4 Å². The Morgan fingerprint density at radius 2 is 1.92 bits per heavy atom. The van der Waals surface area contributed by atoms with Crippen molar-refractivity contribution in [2.24, 2.45) is 0 Å². The molecular formula is C17H23FN3O4S+. The number of rotatable bonds is 7. The lowest BCUT2D eigenvalue weighted by molar-refractivity contribution is -0.917. The van der Waals surface area contributed by atoms with Crippen molar-refractivity contribution in [3.63, 3.8) is 0 Å². The fraction of sp³-hybridized carbons (Fsp3) is 0.353. The summed E-state index contributed by atoms with van der Waals surface area (Å²) in [5, 5.41) is 0. The summed E-state index contributed by atoms with van der Waals surface area (Å²) in [5.74, 6) is -0.279. The molecule has 2 aromatic rings. The molecule has 0 saturated carbocycles. The molecule has 0 aliphatic carbocycles. The van der Waals surface area contributed by atoms with Gasteiger partial charge in [-0.1, -0.05) is 0 Å². The highest BCUT2D eigenvalue weighted by molar-refractivity contribution is 7.89. The monoisotopic (exact) mass is 384 g/mol. The number of halogens is 1.